The molecule has 0 aliphatic heterocycles. The standard InChI is InChI=1S/C6H4Cl2N4O3/c7-1-3(9)11-4(2(8)10-1)12-5(13)6(14)15/h(H,14,15)(H3,9,11,12,13). The van der Waals surface area contributed by atoms with E-state index in [1.165, 1.54) is 0 Å². The molecule has 0 atom stereocenters. The summed E-state index contributed by atoms with van der Waals surface area (Å²) in [5.41, 5.74) is 5.28. The van der Waals surface area contributed by atoms with Crippen LogP contribution < -0.4 is 11.1 Å². The van der Waals surface area contributed by atoms with Crippen LogP contribution >= 0.6 is 23.2 Å². The van der Waals surface area contributed by atoms with Gasteiger partial charge in [0.2, 0.25) is 0 Å². The Balaban J connectivity index is 3.01. The Hall–Kier alpha value is -1.60. The van der Waals surface area contributed by atoms with E-state index in [4.69, 9.17) is 34.0 Å². The Morgan fingerprint density at radius 3 is 2.40 bits per heavy atom. The van der Waals surface area contributed by atoms with E-state index in [-0.39, 0.29) is 21.9 Å². The first-order valence-electron chi connectivity index (χ1n) is 3.44. The number of nitrogen functional groups attached to an aromatic ring is 1. The van der Waals surface area contributed by atoms with Crippen molar-refractivity contribution in [3.8, 4) is 0 Å². The molecular weight excluding hydrogens is 247 g/mol. The second kappa shape index (κ2) is 4.28. The summed E-state index contributed by atoms with van der Waals surface area (Å²) in [4.78, 5) is 28.0. The van der Waals surface area contributed by atoms with Crippen molar-refractivity contribution in [1.29, 1.82) is 0 Å². The van der Waals surface area contributed by atoms with Crippen LogP contribution in [0.2, 0.25) is 10.3 Å². The molecule has 0 bridgehead atoms. The van der Waals surface area contributed by atoms with Crippen LogP contribution in [0, 0.1) is 0 Å². The summed E-state index contributed by atoms with van der Waals surface area (Å²) in [6.07, 6.45) is 0. The molecule has 0 aromatic carbocycles. The number of halogens is 2. The number of carbonyl (C=O) groups excluding carboxylic acids is 1. The topological polar surface area (TPSA) is 118 Å². The van der Waals surface area contributed by atoms with E-state index in [1.807, 2.05) is 5.32 Å². The third-order valence-electron chi connectivity index (χ3n) is 1.26. The van der Waals surface area contributed by atoms with Crippen molar-refractivity contribution < 1.29 is 14.7 Å². The summed E-state index contributed by atoms with van der Waals surface area (Å²) in [6, 6.07) is 0. The summed E-state index contributed by atoms with van der Waals surface area (Å²) < 4.78 is 0. The lowest BCUT2D eigenvalue weighted by Gasteiger charge is -2.04. The normalized spacial score (nSPS) is 9.73. The van der Waals surface area contributed by atoms with Crippen molar-refractivity contribution in [1.82, 2.24) is 9.97 Å². The lowest BCUT2D eigenvalue weighted by atomic mass is 10.5. The van der Waals surface area contributed by atoms with Gasteiger partial charge in [-0.2, -0.15) is 0 Å². The quantitative estimate of drug-likeness (QED) is 0.621. The van der Waals surface area contributed by atoms with Crippen molar-refractivity contribution in [2.24, 2.45) is 0 Å². The summed E-state index contributed by atoms with van der Waals surface area (Å²) in [5, 5.41) is 9.81. The number of carbonyl (C=O) groups is 2. The first kappa shape index (κ1) is 11.5. The summed E-state index contributed by atoms with van der Waals surface area (Å²) in [5.74, 6) is -3.40. The molecule has 80 valence electrons. The van der Waals surface area contributed by atoms with E-state index in [2.05, 4.69) is 9.97 Å². The van der Waals surface area contributed by atoms with E-state index in [0.29, 0.717) is 0 Å². The van der Waals surface area contributed by atoms with Crippen molar-refractivity contribution >= 4 is 46.7 Å². The summed E-state index contributed by atoms with van der Waals surface area (Å²) >= 11 is 11.0. The minimum Gasteiger partial charge on any atom is -0.474 e. The van der Waals surface area contributed by atoms with E-state index in [9.17, 15) is 9.59 Å². The maximum Gasteiger partial charge on any atom is 0.394 e. The number of carboxylic acids is 1. The molecule has 1 aromatic rings. The van der Waals surface area contributed by atoms with Gasteiger partial charge in [0.15, 0.2) is 21.9 Å². The minimum absolute atomic E-state index is 0.131. The second-order valence-electron chi connectivity index (χ2n) is 2.30. The highest BCUT2D eigenvalue weighted by Crippen LogP contribution is 2.23. The van der Waals surface area contributed by atoms with Crippen LogP contribution in [0.5, 0.6) is 0 Å². The molecule has 7 nitrogen and oxygen atoms in total. The number of amides is 1. The molecule has 0 saturated heterocycles. The first-order valence-corrected chi connectivity index (χ1v) is 4.20. The molecule has 0 unspecified atom stereocenters. The molecule has 15 heavy (non-hydrogen) atoms. The molecular formula is C6H4Cl2N4O3. The van der Waals surface area contributed by atoms with Crippen LogP contribution in [-0.4, -0.2) is 27.0 Å². The Morgan fingerprint density at radius 1 is 1.27 bits per heavy atom. The lowest BCUT2D eigenvalue weighted by molar-refractivity contribution is -0.147. The number of anilines is 2. The number of aliphatic carboxylic acids is 1. The van der Waals surface area contributed by atoms with Gasteiger partial charge in [-0.05, 0) is 0 Å². The number of nitrogens with one attached hydrogen (secondary N) is 1. The molecule has 4 N–H and O–H groups in total. The highest BCUT2D eigenvalue weighted by molar-refractivity contribution is 6.39. The molecule has 0 saturated carbocycles. The van der Waals surface area contributed by atoms with Crippen LogP contribution in [0.4, 0.5) is 11.6 Å². The highest BCUT2D eigenvalue weighted by atomic mass is 35.5. The maximum atomic E-state index is 10.7. The predicted octanol–water partition coefficient (Wildman–Crippen LogP) is 0.389. The van der Waals surface area contributed by atoms with E-state index >= 15 is 0 Å². The van der Waals surface area contributed by atoms with Crippen LogP contribution in [0.15, 0.2) is 0 Å². The molecule has 0 fully saturated rings. The number of hydrogen-bond donors (Lipinski definition) is 3. The third kappa shape index (κ3) is 2.67. The van der Waals surface area contributed by atoms with E-state index in [1.54, 1.807) is 0 Å². The molecule has 0 aliphatic carbocycles. The Labute approximate surface area is 93.2 Å². The summed E-state index contributed by atoms with van der Waals surface area (Å²) in [6.45, 7) is 0. The van der Waals surface area contributed by atoms with Gasteiger partial charge in [-0.1, -0.05) is 23.2 Å². The molecule has 1 aromatic heterocycles. The number of rotatable bonds is 1. The molecule has 0 spiro atoms. The van der Waals surface area contributed by atoms with Gasteiger partial charge < -0.3 is 10.8 Å². The average molecular weight is 251 g/mol. The lowest BCUT2D eigenvalue weighted by Crippen LogP contribution is -2.23. The van der Waals surface area contributed by atoms with Gasteiger partial charge in [-0.15, -0.1) is 0 Å². The van der Waals surface area contributed by atoms with Crippen molar-refractivity contribution in [3.63, 3.8) is 0 Å². The largest absolute Gasteiger partial charge is 0.474 e. The SMILES string of the molecule is Nc1nc(NC(=O)C(=O)O)c(Cl)nc1Cl. The molecule has 0 aliphatic rings. The Morgan fingerprint density at radius 2 is 1.87 bits per heavy atom. The van der Waals surface area contributed by atoms with Crippen molar-refractivity contribution in [2.45, 2.75) is 0 Å². The number of aromatic nitrogens is 2. The van der Waals surface area contributed by atoms with Crippen LogP contribution in [0.3, 0.4) is 0 Å². The Bertz CT molecular complexity index is 437. The molecule has 1 heterocycles. The minimum atomic E-state index is -1.68. The van der Waals surface area contributed by atoms with E-state index in [0.717, 1.165) is 0 Å². The highest BCUT2D eigenvalue weighted by Gasteiger charge is 2.16. The van der Waals surface area contributed by atoms with Crippen LogP contribution in [0.1, 0.15) is 0 Å². The van der Waals surface area contributed by atoms with Gasteiger partial charge in [-0.3, -0.25) is 10.1 Å². The molecule has 1 amide bonds. The number of nitrogens with two attached hydrogens (primary N) is 1. The van der Waals surface area contributed by atoms with Gasteiger partial charge in [0.1, 0.15) is 0 Å². The van der Waals surface area contributed by atoms with Gasteiger partial charge in [0.05, 0.1) is 0 Å². The van der Waals surface area contributed by atoms with Crippen LogP contribution in [0.25, 0.3) is 0 Å². The average Bonchev–Trinajstić information content (AvgIpc) is 2.13. The predicted molar refractivity (Wildman–Crippen MR) is 52.7 cm³/mol. The monoisotopic (exact) mass is 250 g/mol. The van der Waals surface area contributed by atoms with Crippen LogP contribution in [-0.2, 0) is 9.59 Å². The number of hydrogen-bond acceptors (Lipinski definition) is 5. The van der Waals surface area contributed by atoms with Gasteiger partial charge >= 0.3 is 11.9 Å². The second-order valence-corrected chi connectivity index (χ2v) is 3.01. The maximum absolute atomic E-state index is 10.7. The zero-order valence-electron chi connectivity index (χ0n) is 6.99. The zero-order chi connectivity index (χ0) is 11.6. The Kier molecular flexibility index (Phi) is 3.28. The fraction of sp³-hybridized carbons (Fsp3) is 0. The molecule has 1 rings (SSSR count). The van der Waals surface area contributed by atoms with Gasteiger partial charge in [0.25, 0.3) is 0 Å². The van der Waals surface area contributed by atoms with Crippen molar-refractivity contribution in [2.75, 3.05) is 11.1 Å². The fourth-order valence-corrected chi connectivity index (χ4v) is 0.994. The van der Waals surface area contributed by atoms with Gasteiger partial charge in [0, 0.05) is 0 Å². The first-order chi connectivity index (χ1) is 6.91. The van der Waals surface area contributed by atoms with E-state index < -0.39 is 11.9 Å². The fourth-order valence-electron chi connectivity index (χ4n) is 0.650. The zero-order valence-corrected chi connectivity index (χ0v) is 8.50. The van der Waals surface area contributed by atoms with Crippen molar-refractivity contribution in [3.05, 3.63) is 10.3 Å². The van der Waals surface area contributed by atoms with Gasteiger partial charge in [-0.25, -0.2) is 14.8 Å². The summed E-state index contributed by atoms with van der Waals surface area (Å²) in [7, 11) is 0. The number of nitrogens with zero attached hydrogens (tertiary/aromatic N) is 2. The number of carboxylic acid groups (broad SMARTS) is 1. The smallest absolute Gasteiger partial charge is 0.394 e. The molecule has 0 radical (unpaired) electrons. The molecule has 9 heteroatoms. The third-order valence-corrected chi connectivity index (χ3v) is 1.80.